The van der Waals surface area contributed by atoms with Crippen molar-refractivity contribution in [2.24, 2.45) is 11.8 Å². The van der Waals surface area contributed by atoms with Crippen molar-refractivity contribution in [3.8, 4) is 0 Å². The van der Waals surface area contributed by atoms with E-state index in [4.69, 9.17) is 0 Å². The summed E-state index contributed by atoms with van der Waals surface area (Å²) in [6.45, 7) is 6.60. The summed E-state index contributed by atoms with van der Waals surface area (Å²) in [6, 6.07) is 34.3. The van der Waals surface area contributed by atoms with E-state index < -0.39 is 23.7 Å². The summed E-state index contributed by atoms with van der Waals surface area (Å²) in [6.07, 6.45) is 2.22. The van der Waals surface area contributed by atoms with E-state index in [0.717, 1.165) is 12.2 Å². The van der Waals surface area contributed by atoms with Gasteiger partial charge in [0.15, 0.2) is 23.1 Å². The van der Waals surface area contributed by atoms with E-state index in [2.05, 4.69) is 23.8 Å². The molecule has 0 saturated heterocycles. The third-order valence-electron chi connectivity index (χ3n) is 6.83. The highest BCUT2D eigenvalue weighted by molar-refractivity contribution is 6.17. The molecule has 4 aromatic rings. The molecule has 0 bridgehead atoms. The minimum absolute atomic E-state index is 0.0632. The maximum absolute atomic E-state index is 12.7. The first-order valence-corrected chi connectivity index (χ1v) is 14.4. The van der Waals surface area contributed by atoms with Crippen LogP contribution in [0.3, 0.4) is 0 Å². The molecule has 46 heavy (non-hydrogen) atoms. The summed E-state index contributed by atoms with van der Waals surface area (Å²) in [5.74, 6) is -4.04. The maximum atomic E-state index is 12.7. The van der Waals surface area contributed by atoms with Gasteiger partial charge >= 0.3 is 0 Å². The molecule has 232 valence electrons. The smallest absolute Gasteiger partial charge is 0.243 e. The molecule has 0 aromatic heterocycles. The molecule has 0 unspecified atom stereocenters. The van der Waals surface area contributed by atoms with Gasteiger partial charge in [-0.3, -0.25) is 28.8 Å². The van der Waals surface area contributed by atoms with Crippen molar-refractivity contribution in [3.05, 3.63) is 169 Å². The van der Waals surface area contributed by atoms with Crippen molar-refractivity contribution >= 4 is 34.9 Å². The lowest BCUT2D eigenvalue weighted by molar-refractivity contribution is -0.117. The second kappa shape index (κ2) is 17.9. The van der Waals surface area contributed by atoms with Crippen LogP contribution in [0.15, 0.2) is 147 Å². The monoisotopic (exact) mass is 614 g/mol. The van der Waals surface area contributed by atoms with Gasteiger partial charge in [-0.25, -0.2) is 0 Å². The molecule has 0 saturated carbocycles. The number of nitrogens with one attached hydrogen (secondary N) is 2. The van der Waals surface area contributed by atoms with Crippen LogP contribution in [0.1, 0.15) is 41.4 Å². The Bertz CT molecular complexity index is 1440. The minimum Gasteiger partial charge on any atom is -0.351 e. The van der Waals surface area contributed by atoms with Crippen molar-refractivity contribution in [1.29, 1.82) is 0 Å². The lowest BCUT2D eigenvalue weighted by atomic mass is 9.90. The van der Waals surface area contributed by atoms with Crippen LogP contribution in [0.5, 0.6) is 0 Å². The number of Topliss-reactive ketones (excluding diaryl/α,β-unsaturated/α-hetero) is 4. The molecule has 0 aliphatic rings. The van der Waals surface area contributed by atoms with E-state index in [1.807, 2.05) is 0 Å². The second-order valence-corrected chi connectivity index (χ2v) is 9.92. The Kier molecular flexibility index (Phi) is 13.4. The van der Waals surface area contributed by atoms with Gasteiger partial charge < -0.3 is 10.6 Å². The number of rotatable bonds is 14. The molecule has 0 fully saturated rings. The molecule has 0 aliphatic heterocycles. The normalized spacial score (nSPS) is 10.1. The van der Waals surface area contributed by atoms with Crippen LogP contribution in [0, 0.1) is 11.8 Å². The lowest BCUT2D eigenvalue weighted by Gasteiger charge is -2.15. The van der Waals surface area contributed by atoms with E-state index in [0.29, 0.717) is 22.3 Å². The van der Waals surface area contributed by atoms with Crippen LogP contribution in [0.25, 0.3) is 0 Å². The largest absolute Gasteiger partial charge is 0.351 e. The number of amides is 2. The Morgan fingerprint density at radius 2 is 0.652 bits per heavy atom. The highest BCUT2D eigenvalue weighted by Crippen LogP contribution is 2.16. The number of carbonyl (C=O) groups excluding carboxylic acids is 6. The first-order valence-electron chi connectivity index (χ1n) is 14.4. The molecule has 8 nitrogen and oxygen atoms in total. The van der Waals surface area contributed by atoms with Gasteiger partial charge in [-0.2, -0.15) is 0 Å². The maximum Gasteiger partial charge on any atom is 0.243 e. The summed E-state index contributed by atoms with van der Waals surface area (Å²) in [4.78, 5) is 73.4. The quantitative estimate of drug-likeness (QED) is 0.112. The van der Waals surface area contributed by atoms with Crippen molar-refractivity contribution in [2.45, 2.75) is 0 Å². The van der Waals surface area contributed by atoms with Gasteiger partial charge in [-0.05, 0) is 12.2 Å². The fourth-order valence-corrected chi connectivity index (χ4v) is 4.37. The first-order chi connectivity index (χ1) is 22.3. The average molecular weight is 615 g/mol. The molecule has 2 amide bonds. The first kappa shape index (κ1) is 34.5. The summed E-state index contributed by atoms with van der Waals surface area (Å²) in [5.41, 5.74) is 1.76. The van der Waals surface area contributed by atoms with Gasteiger partial charge in [0.1, 0.15) is 11.8 Å². The van der Waals surface area contributed by atoms with Crippen LogP contribution in [0.4, 0.5) is 0 Å². The van der Waals surface area contributed by atoms with Gasteiger partial charge in [0, 0.05) is 35.3 Å². The molecule has 0 spiro atoms. The predicted octanol–water partition coefficient (Wildman–Crippen LogP) is 5.34. The van der Waals surface area contributed by atoms with Crippen LogP contribution in [0.2, 0.25) is 0 Å². The van der Waals surface area contributed by atoms with Crippen molar-refractivity contribution < 1.29 is 28.8 Å². The predicted molar refractivity (Wildman–Crippen MR) is 176 cm³/mol. The zero-order chi connectivity index (χ0) is 33.3. The van der Waals surface area contributed by atoms with E-state index in [1.54, 1.807) is 121 Å². The van der Waals surface area contributed by atoms with Crippen LogP contribution >= 0.6 is 0 Å². The summed E-state index contributed by atoms with van der Waals surface area (Å²) >= 11 is 0. The summed E-state index contributed by atoms with van der Waals surface area (Å²) < 4.78 is 0. The molecule has 8 heteroatoms. The molecular weight excluding hydrogens is 580 g/mol. The Balaban J connectivity index is 0.000000250. The van der Waals surface area contributed by atoms with E-state index in [-0.39, 0.29) is 36.2 Å². The number of benzene rings is 4. The zero-order valence-electron chi connectivity index (χ0n) is 25.1. The van der Waals surface area contributed by atoms with E-state index in [9.17, 15) is 28.8 Å². The topological polar surface area (TPSA) is 126 Å². The summed E-state index contributed by atoms with van der Waals surface area (Å²) in [5, 5.41) is 5.07. The molecule has 4 rings (SSSR count). The van der Waals surface area contributed by atoms with Gasteiger partial charge in [-0.1, -0.05) is 134 Å². The lowest BCUT2D eigenvalue weighted by Crippen LogP contribution is -2.37. The van der Waals surface area contributed by atoms with Gasteiger partial charge in [0.2, 0.25) is 11.8 Å². The van der Waals surface area contributed by atoms with Crippen LogP contribution < -0.4 is 10.6 Å². The Morgan fingerprint density at radius 1 is 0.435 bits per heavy atom. The molecule has 4 aromatic carbocycles. The average Bonchev–Trinajstić information content (AvgIpc) is 3.12. The third-order valence-corrected chi connectivity index (χ3v) is 6.83. The molecular formula is C38H34N2O6. The number of hydrogen-bond acceptors (Lipinski definition) is 6. The SMILES string of the molecule is C=CC(=O)NCC(C(=O)c1ccccc1)C(=O)c1ccccc1.C=CC(=O)NCC(C(=O)c1ccccc1)C(=O)c1ccccc1. The van der Waals surface area contributed by atoms with Crippen molar-refractivity contribution in [2.75, 3.05) is 13.1 Å². The third kappa shape index (κ3) is 10.0. The Hall–Kier alpha value is -6.02. The number of carbonyl (C=O) groups is 6. The second-order valence-electron chi connectivity index (χ2n) is 9.92. The summed E-state index contributed by atoms with van der Waals surface area (Å²) in [7, 11) is 0. The van der Waals surface area contributed by atoms with Crippen LogP contribution in [-0.4, -0.2) is 48.0 Å². The highest BCUT2D eigenvalue weighted by Gasteiger charge is 2.29. The number of ketones is 4. The van der Waals surface area contributed by atoms with Crippen LogP contribution in [-0.2, 0) is 9.59 Å². The molecule has 0 heterocycles. The Morgan fingerprint density at radius 3 is 0.848 bits per heavy atom. The van der Waals surface area contributed by atoms with E-state index in [1.165, 1.54) is 0 Å². The minimum atomic E-state index is -0.969. The molecule has 0 aliphatic carbocycles. The fraction of sp³-hybridized carbons (Fsp3) is 0.105. The Labute approximate surface area is 267 Å². The van der Waals surface area contributed by atoms with Gasteiger partial charge in [0.05, 0.1) is 0 Å². The molecule has 2 N–H and O–H groups in total. The highest BCUT2D eigenvalue weighted by atomic mass is 16.2. The van der Waals surface area contributed by atoms with Crippen molar-refractivity contribution in [3.63, 3.8) is 0 Å². The van der Waals surface area contributed by atoms with E-state index >= 15 is 0 Å². The number of hydrogen-bond donors (Lipinski definition) is 2. The molecule has 0 atom stereocenters. The standard InChI is InChI=1S/2C19H17NO3/c2*1-2-17(21)20-13-16(18(22)14-9-5-3-6-10-14)19(23)15-11-7-4-8-12-15/h2*2-12,16H,1,13H2,(H,20,21). The van der Waals surface area contributed by atoms with Gasteiger partial charge in [-0.15, -0.1) is 0 Å². The molecule has 0 radical (unpaired) electrons. The van der Waals surface area contributed by atoms with Gasteiger partial charge in [0.25, 0.3) is 0 Å². The fourth-order valence-electron chi connectivity index (χ4n) is 4.37. The van der Waals surface area contributed by atoms with Crippen molar-refractivity contribution in [1.82, 2.24) is 10.6 Å². The zero-order valence-corrected chi connectivity index (χ0v) is 25.1.